The summed E-state index contributed by atoms with van der Waals surface area (Å²) >= 11 is 2.25. The molecular formula is C13H14IN3O. The maximum atomic E-state index is 11.5. The van der Waals surface area contributed by atoms with Crippen molar-refractivity contribution >= 4 is 34.2 Å². The van der Waals surface area contributed by atoms with Crippen molar-refractivity contribution in [3.05, 3.63) is 49.9 Å². The molecule has 1 aromatic carbocycles. The van der Waals surface area contributed by atoms with E-state index in [2.05, 4.69) is 44.8 Å². The monoisotopic (exact) mass is 355 g/mol. The van der Waals surface area contributed by atoms with E-state index >= 15 is 0 Å². The Morgan fingerprint density at radius 3 is 2.72 bits per heavy atom. The van der Waals surface area contributed by atoms with Crippen molar-refractivity contribution in [2.45, 2.75) is 19.8 Å². The van der Waals surface area contributed by atoms with E-state index in [1.807, 2.05) is 24.3 Å². The van der Waals surface area contributed by atoms with Gasteiger partial charge in [-0.1, -0.05) is 13.3 Å². The fourth-order valence-electron chi connectivity index (χ4n) is 1.62. The molecule has 0 aliphatic heterocycles. The van der Waals surface area contributed by atoms with E-state index in [0.29, 0.717) is 5.95 Å². The number of anilines is 2. The zero-order valence-electron chi connectivity index (χ0n) is 10.0. The summed E-state index contributed by atoms with van der Waals surface area (Å²) in [5, 5.41) is 3.10. The van der Waals surface area contributed by atoms with Gasteiger partial charge in [0.1, 0.15) is 0 Å². The molecule has 0 aliphatic carbocycles. The first-order chi connectivity index (χ1) is 8.67. The molecule has 1 aromatic heterocycles. The number of H-pyrrole nitrogens is 1. The Morgan fingerprint density at radius 2 is 2.06 bits per heavy atom. The molecule has 94 valence electrons. The quantitative estimate of drug-likeness (QED) is 0.829. The first kappa shape index (κ1) is 13.1. The van der Waals surface area contributed by atoms with Gasteiger partial charge < -0.3 is 5.32 Å². The van der Waals surface area contributed by atoms with Gasteiger partial charge in [-0.2, -0.15) is 0 Å². The van der Waals surface area contributed by atoms with Crippen LogP contribution in [0.25, 0.3) is 0 Å². The molecule has 2 rings (SSSR count). The number of halogens is 1. The third-order valence-electron chi connectivity index (χ3n) is 2.41. The van der Waals surface area contributed by atoms with E-state index in [1.165, 1.54) is 3.57 Å². The number of hydrogen-bond acceptors (Lipinski definition) is 3. The van der Waals surface area contributed by atoms with Crippen molar-refractivity contribution in [3.8, 4) is 0 Å². The largest absolute Gasteiger partial charge is 0.326 e. The second-order valence-corrected chi connectivity index (χ2v) is 5.21. The van der Waals surface area contributed by atoms with Gasteiger partial charge in [-0.15, -0.1) is 0 Å². The maximum absolute atomic E-state index is 11.5. The number of aryl methyl sites for hydroxylation is 1. The van der Waals surface area contributed by atoms with Gasteiger partial charge >= 0.3 is 0 Å². The first-order valence-corrected chi connectivity index (χ1v) is 6.88. The molecule has 0 unspecified atom stereocenters. The maximum Gasteiger partial charge on any atom is 0.252 e. The Morgan fingerprint density at radius 1 is 1.33 bits per heavy atom. The van der Waals surface area contributed by atoms with Gasteiger partial charge in [-0.25, -0.2) is 4.98 Å². The van der Waals surface area contributed by atoms with Crippen LogP contribution in [-0.4, -0.2) is 9.97 Å². The Hall–Kier alpha value is -1.37. The van der Waals surface area contributed by atoms with Crippen LogP contribution in [0.15, 0.2) is 35.1 Å². The lowest BCUT2D eigenvalue weighted by Gasteiger charge is -2.06. The van der Waals surface area contributed by atoms with E-state index in [0.717, 1.165) is 24.2 Å². The summed E-state index contributed by atoms with van der Waals surface area (Å²) in [6.45, 7) is 2.06. The molecule has 18 heavy (non-hydrogen) atoms. The zero-order valence-corrected chi connectivity index (χ0v) is 12.2. The molecule has 1 heterocycles. The number of benzene rings is 1. The van der Waals surface area contributed by atoms with Crippen molar-refractivity contribution < 1.29 is 0 Å². The van der Waals surface area contributed by atoms with Gasteiger partial charge in [0.05, 0.1) is 0 Å². The highest BCUT2D eigenvalue weighted by molar-refractivity contribution is 14.1. The van der Waals surface area contributed by atoms with Crippen LogP contribution in [0.3, 0.4) is 0 Å². The van der Waals surface area contributed by atoms with E-state index < -0.39 is 0 Å². The third kappa shape index (κ3) is 3.56. The van der Waals surface area contributed by atoms with Crippen LogP contribution in [0.5, 0.6) is 0 Å². The highest BCUT2D eigenvalue weighted by Crippen LogP contribution is 2.14. The number of rotatable bonds is 4. The van der Waals surface area contributed by atoms with Gasteiger partial charge in [0.25, 0.3) is 5.56 Å². The smallest absolute Gasteiger partial charge is 0.252 e. The van der Waals surface area contributed by atoms with Gasteiger partial charge in [0.2, 0.25) is 5.95 Å². The topological polar surface area (TPSA) is 57.8 Å². The Bertz CT molecular complexity index is 578. The molecule has 0 spiro atoms. The van der Waals surface area contributed by atoms with E-state index in [9.17, 15) is 4.79 Å². The molecule has 0 saturated heterocycles. The highest BCUT2D eigenvalue weighted by Gasteiger charge is 2.01. The minimum absolute atomic E-state index is 0.124. The zero-order chi connectivity index (χ0) is 13.0. The number of aromatic amines is 1. The van der Waals surface area contributed by atoms with Crippen LogP contribution in [0.1, 0.15) is 19.0 Å². The number of nitrogens with zero attached hydrogens (tertiary/aromatic N) is 1. The van der Waals surface area contributed by atoms with Gasteiger partial charge in [-0.05, 0) is 53.3 Å². The predicted octanol–water partition coefficient (Wildman–Crippen LogP) is 3.07. The standard InChI is InChI=1S/C13H14IN3O/c1-2-3-11-8-12(18)17-13(16-11)15-10-6-4-9(14)5-7-10/h4-8H,2-3H2,1H3,(H2,15,16,17,18). The van der Waals surface area contributed by atoms with Crippen LogP contribution in [-0.2, 0) is 6.42 Å². The Labute approximate surface area is 119 Å². The van der Waals surface area contributed by atoms with Crippen LogP contribution in [0, 0.1) is 3.57 Å². The second-order valence-electron chi connectivity index (χ2n) is 3.97. The molecular weight excluding hydrogens is 341 g/mol. The van der Waals surface area contributed by atoms with Crippen molar-refractivity contribution in [1.82, 2.24) is 9.97 Å². The summed E-state index contributed by atoms with van der Waals surface area (Å²) in [4.78, 5) is 18.6. The molecule has 2 aromatic rings. The molecule has 0 saturated carbocycles. The second kappa shape index (κ2) is 5.99. The van der Waals surface area contributed by atoms with Crippen LogP contribution in [0.2, 0.25) is 0 Å². The predicted molar refractivity (Wildman–Crippen MR) is 81.3 cm³/mol. The lowest BCUT2D eigenvalue weighted by molar-refractivity contribution is 0.870. The molecule has 0 bridgehead atoms. The summed E-state index contributed by atoms with van der Waals surface area (Å²) in [7, 11) is 0. The fourth-order valence-corrected chi connectivity index (χ4v) is 1.98. The van der Waals surface area contributed by atoms with Crippen molar-refractivity contribution in [2.75, 3.05) is 5.32 Å². The SMILES string of the molecule is CCCc1cc(=O)[nH]c(Nc2ccc(I)cc2)n1. The minimum Gasteiger partial charge on any atom is -0.326 e. The van der Waals surface area contributed by atoms with Crippen LogP contribution < -0.4 is 10.9 Å². The molecule has 0 amide bonds. The summed E-state index contributed by atoms with van der Waals surface area (Å²) < 4.78 is 1.17. The fraction of sp³-hybridized carbons (Fsp3) is 0.231. The van der Waals surface area contributed by atoms with Crippen LogP contribution >= 0.6 is 22.6 Å². The molecule has 5 heteroatoms. The summed E-state index contributed by atoms with van der Waals surface area (Å²) in [6.07, 6.45) is 1.78. The first-order valence-electron chi connectivity index (χ1n) is 5.80. The third-order valence-corrected chi connectivity index (χ3v) is 3.13. The molecule has 0 aliphatic rings. The number of hydrogen-bond donors (Lipinski definition) is 2. The normalized spacial score (nSPS) is 10.3. The Balaban J connectivity index is 2.23. The minimum atomic E-state index is -0.124. The van der Waals surface area contributed by atoms with Crippen LogP contribution in [0.4, 0.5) is 11.6 Å². The van der Waals surface area contributed by atoms with Gasteiger partial charge in [0.15, 0.2) is 0 Å². The summed E-state index contributed by atoms with van der Waals surface area (Å²) in [6, 6.07) is 9.44. The van der Waals surface area contributed by atoms with Crippen molar-refractivity contribution in [1.29, 1.82) is 0 Å². The van der Waals surface area contributed by atoms with Gasteiger partial charge in [0, 0.05) is 21.0 Å². The van der Waals surface area contributed by atoms with E-state index in [1.54, 1.807) is 6.07 Å². The highest BCUT2D eigenvalue weighted by atomic mass is 127. The average Bonchev–Trinajstić information content (AvgIpc) is 2.32. The lowest BCUT2D eigenvalue weighted by Crippen LogP contribution is -2.12. The molecule has 0 radical (unpaired) electrons. The molecule has 2 N–H and O–H groups in total. The van der Waals surface area contributed by atoms with E-state index in [-0.39, 0.29) is 5.56 Å². The summed E-state index contributed by atoms with van der Waals surface area (Å²) in [5.74, 6) is 0.493. The molecule has 4 nitrogen and oxygen atoms in total. The number of nitrogens with one attached hydrogen (secondary N) is 2. The molecule has 0 atom stereocenters. The Kier molecular flexibility index (Phi) is 4.35. The lowest BCUT2D eigenvalue weighted by atomic mass is 10.2. The molecule has 0 fully saturated rings. The van der Waals surface area contributed by atoms with Crippen molar-refractivity contribution in [2.24, 2.45) is 0 Å². The summed E-state index contributed by atoms with van der Waals surface area (Å²) in [5.41, 5.74) is 1.60. The number of aromatic nitrogens is 2. The average molecular weight is 355 g/mol. The van der Waals surface area contributed by atoms with E-state index in [4.69, 9.17) is 0 Å². The van der Waals surface area contributed by atoms with Crippen molar-refractivity contribution in [3.63, 3.8) is 0 Å². The van der Waals surface area contributed by atoms with Gasteiger partial charge in [-0.3, -0.25) is 9.78 Å².